The Labute approximate surface area is 93.9 Å². The number of rotatable bonds is 3. The van der Waals surface area contributed by atoms with Gasteiger partial charge in [0.25, 0.3) is 0 Å². The Hall–Kier alpha value is -2.23. The second-order valence-electron chi connectivity index (χ2n) is 3.42. The zero-order valence-corrected chi connectivity index (χ0v) is 8.76. The molecule has 4 heteroatoms. The number of hydrogen-bond donors (Lipinski definition) is 2. The molecule has 0 radical (unpaired) electrons. The fourth-order valence-corrected chi connectivity index (χ4v) is 1.36. The minimum atomic E-state index is 0.431. The number of para-hydroxylation sites is 2. The van der Waals surface area contributed by atoms with Crippen LogP contribution in [0.3, 0.4) is 0 Å². The smallest absolute Gasteiger partial charge is 0.142 e. The summed E-state index contributed by atoms with van der Waals surface area (Å²) in [5, 5.41) is 0. The number of nitrogens with zero attached hydrogens (tertiary/aromatic N) is 1. The van der Waals surface area contributed by atoms with Gasteiger partial charge in [-0.1, -0.05) is 12.1 Å². The molecule has 1 heterocycles. The average molecular weight is 215 g/mol. The van der Waals surface area contributed by atoms with Crippen LogP contribution in [0.5, 0.6) is 5.75 Å². The van der Waals surface area contributed by atoms with Gasteiger partial charge in [0.2, 0.25) is 0 Å². The van der Waals surface area contributed by atoms with Crippen LogP contribution in [0.4, 0.5) is 11.5 Å². The standard InChI is InChI=1S/C12H13N3O/c13-10-3-1-2-4-11(10)16-8-9-5-6-15-12(14)7-9/h1-7H,8,13H2,(H2,14,15). The molecule has 1 aromatic heterocycles. The molecule has 0 bridgehead atoms. The minimum absolute atomic E-state index is 0.431. The minimum Gasteiger partial charge on any atom is -0.487 e. The summed E-state index contributed by atoms with van der Waals surface area (Å²) >= 11 is 0. The summed E-state index contributed by atoms with van der Waals surface area (Å²) in [6, 6.07) is 11.0. The maximum atomic E-state index is 5.75. The molecule has 0 fully saturated rings. The highest BCUT2D eigenvalue weighted by atomic mass is 16.5. The normalized spacial score (nSPS) is 10.0. The van der Waals surface area contributed by atoms with E-state index >= 15 is 0 Å². The first-order valence-electron chi connectivity index (χ1n) is 4.93. The van der Waals surface area contributed by atoms with Crippen molar-refractivity contribution in [3.05, 3.63) is 48.2 Å². The van der Waals surface area contributed by atoms with Crippen LogP contribution in [0.25, 0.3) is 0 Å². The maximum absolute atomic E-state index is 5.75. The van der Waals surface area contributed by atoms with Crippen molar-refractivity contribution in [2.45, 2.75) is 6.61 Å². The van der Waals surface area contributed by atoms with E-state index in [4.69, 9.17) is 16.2 Å². The van der Waals surface area contributed by atoms with Gasteiger partial charge >= 0.3 is 0 Å². The van der Waals surface area contributed by atoms with Crippen LogP contribution in [0, 0.1) is 0 Å². The SMILES string of the molecule is Nc1cc(COc2ccccc2N)ccn1. The van der Waals surface area contributed by atoms with Crippen LogP contribution in [0.2, 0.25) is 0 Å². The molecule has 0 unspecified atom stereocenters. The fraction of sp³-hybridized carbons (Fsp3) is 0.0833. The van der Waals surface area contributed by atoms with E-state index in [0.717, 1.165) is 5.56 Å². The average Bonchev–Trinajstić information content (AvgIpc) is 2.28. The number of aromatic nitrogens is 1. The van der Waals surface area contributed by atoms with E-state index < -0.39 is 0 Å². The summed E-state index contributed by atoms with van der Waals surface area (Å²) in [7, 11) is 0. The van der Waals surface area contributed by atoms with Gasteiger partial charge in [-0.15, -0.1) is 0 Å². The van der Waals surface area contributed by atoms with E-state index in [1.54, 1.807) is 18.3 Å². The molecule has 2 rings (SSSR count). The summed E-state index contributed by atoms with van der Waals surface area (Å²) in [6.45, 7) is 0.431. The topological polar surface area (TPSA) is 74.2 Å². The van der Waals surface area contributed by atoms with Crippen LogP contribution in [0.15, 0.2) is 42.6 Å². The van der Waals surface area contributed by atoms with Crippen molar-refractivity contribution in [1.82, 2.24) is 4.98 Å². The number of hydrogen-bond acceptors (Lipinski definition) is 4. The summed E-state index contributed by atoms with van der Waals surface area (Å²) in [6.07, 6.45) is 1.66. The first-order chi connectivity index (χ1) is 7.75. The van der Waals surface area contributed by atoms with Gasteiger partial charge < -0.3 is 16.2 Å². The van der Waals surface area contributed by atoms with Gasteiger partial charge in [0.1, 0.15) is 18.2 Å². The van der Waals surface area contributed by atoms with Gasteiger partial charge in [0.05, 0.1) is 5.69 Å². The number of nitrogens with two attached hydrogens (primary N) is 2. The van der Waals surface area contributed by atoms with Gasteiger partial charge in [0.15, 0.2) is 0 Å². The Morgan fingerprint density at radius 3 is 2.69 bits per heavy atom. The lowest BCUT2D eigenvalue weighted by Gasteiger charge is -2.08. The molecule has 4 N–H and O–H groups in total. The molecule has 0 amide bonds. The monoisotopic (exact) mass is 215 g/mol. The van der Waals surface area contributed by atoms with Crippen molar-refractivity contribution in [1.29, 1.82) is 0 Å². The van der Waals surface area contributed by atoms with Gasteiger partial charge in [-0.25, -0.2) is 4.98 Å². The van der Waals surface area contributed by atoms with Gasteiger partial charge in [0, 0.05) is 6.20 Å². The van der Waals surface area contributed by atoms with Gasteiger partial charge in [-0.05, 0) is 29.8 Å². The van der Waals surface area contributed by atoms with Gasteiger partial charge in [-0.2, -0.15) is 0 Å². The molecule has 0 atom stereocenters. The Balaban J connectivity index is 2.05. The lowest BCUT2D eigenvalue weighted by molar-refractivity contribution is 0.308. The van der Waals surface area contributed by atoms with E-state index in [9.17, 15) is 0 Å². The number of anilines is 2. The first kappa shape index (κ1) is 10.3. The quantitative estimate of drug-likeness (QED) is 0.766. The molecule has 0 saturated carbocycles. The van der Waals surface area contributed by atoms with E-state index in [1.165, 1.54) is 0 Å². The van der Waals surface area contributed by atoms with Crippen molar-refractivity contribution < 1.29 is 4.74 Å². The molecule has 2 aromatic rings. The zero-order valence-electron chi connectivity index (χ0n) is 8.76. The molecule has 0 aliphatic heterocycles. The predicted molar refractivity (Wildman–Crippen MR) is 63.8 cm³/mol. The molecule has 16 heavy (non-hydrogen) atoms. The number of ether oxygens (including phenoxy) is 1. The fourth-order valence-electron chi connectivity index (χ4n) is 1.36. The van der Waals surface area contributed by atoms with E-state index in [-0.39, 0.29) is 0 Å². The predicted octanol–water partition coefficient (Wildman–Crippen LogP) is 1.82. The van der Waals surface area contributed by atoms with Crippen LogP contribution >= 0.6 is 0 Å². The molecule has 1 aromatic carbocycles. The Kier molecular flexibility index (Phi) is 2.91. The molecule has 0 spiro atoms. The lowest BCUT2D eigenvalue weighted by Crippen LogP contribution is -2.00. The largest absolute Gasteiger partial charge is 0.487 e. The van der Waals surface area contributed by atoms with Gasteiger partial charge in [-0.3, -0.25) is 0 Å². The van der Waals surface area contributed by atoms with E-state index in [1.807, 2.05) is 24.3 Å². The molecule has 0 saturated heterocycles. The summed E-state index contributed by atoms with van der Waals surface area (Å²) in [5.74, 6) is 1.17. The highest BCUT2D eigenvalue weighted by molar-refractivity contribution is 5.51. The number of pyridine rings is 1. The Morgan fingerprint density at radius 1 is 1.12 bits per heavy atom. The van der Waals surface area contributed by atoms with Crippen molar-refractivity contribution in [3.63, 3.8) is 0 Å². The van der Waals surface area contributed by atoms with Crippen molar-refractivity contribution in [2.75, 3.05) is 11.5 Å². The number of nitrogen functional groups attached to an aromatic ring is 2. The first-order valence-corrected chi connectivity index (χ1v) is 4.93. The molecular weight excluding hydrogens is 202 g/mol. The van der Waals surface area contributed by atoms with Crippen LogP contribution in [0.1, 0.15) is 5.56 Å². The highest BCUT2D eigenvalue weighted by Gasteiger charge is 1.99. The third-order valence-electron chi connectivity index (χ3n) is 2.16. The summed E-state index contributed by atoms with van der Waals surface area (Å²) < 4.78 is 5.57. The third kappa shape index (κ3) is 2.42. The van der Waals surface area contributed by atoms with Crippen LogP contribution in [-0.2, 0) is 6.61 Å². The van der Waals surface area contributed by atoms with Crippen molar-refractivity contribution in [2.24, 2.45) is 0 Å². The van der Waals surface area contributed by atoms with Crippen LogP contribution in [-0.4, -0.2) is 4.98 Å². The second-order valence-corrected chi connectivity index (χ2v) is 3.42. The van der Waals surface area contributed by atoms with E-state index in [2.05, 4.69) is 4.98 Å². The number of benzene rings is 1. The zero-order chi connectivity index (χ0) is 11.4. The molecular formula is C12H13N3O. The molecule has 0 aliphatic carbocycles. The van der Waals surface area contributed by atoms with Crippen LogP contribution < -0.4 is 16.2 Å². The highest BCUT2D eigenvalue weighted by Crippen LogP contribution is 2.21. The molecule has 82 valence electrons. The van der Waals surface area contributed by atoms with Crippen molar-refractivity contribution >= 4 is 11.5 Å². The van der Waals surface area contributed by atoms with Crippen molar-refractivity contribution in [3.8, 4) is 5.75 Å². The maximum Gasteiger partial charge on any atom is 0.142 e. The van der Waals surface area contributed by atoms with E-state index in [0.29, 0.717) is 23.9 Å². The third-order valence-corrected chi connectivity index (χ3v) is 2.16. The summed E-state index contributed by atoms with van der Waals surface area (Å²) in [5.41, 5.74) is 12.9. The summed E-state index contributed by atoms with van der Waals surface area (Å²) in [4.78, 5) is 3.91. The second kappa shape index (κ2) is 4.53. The lowest BCUT2D eigenvalue weighted by atomic mass is 10.2. The Morgan fingerprint density at radius 2 is 1.94 bits per heavy atom. The molecule has 0 aliphatic rings. The molecule has 4 nitrogen and oxygen atoms in total. The Bertz CT molecular complexity index is 485.